The minimum atomic E-state index is -0.413. The standard InChI is InChI=1S/C23H18ClFN6O3/c1-2-21(32)27-11-15-12-33-23(29-15)22-30-19(26)10-20(31-22)28-14-6-7-18(17(24)9-14)34-16-5-3-4-13(25)8-16/h2-10,12H,1,11H2,(H,27,32)(H3,26,28,30,31). The van der Waals surface area contributed by atoms with Crippen molar-refractivity contribution in [1.29, 1.82) is 0 Å². The second-order valence-corrected chi connectivity index (χ2v) is 7.30. The Bertz CT molecular complexity index is 1360. The summed E-state index contributed by atoms with van der Waals surface area (Å²) in [7, 11) is 0. The number of nitrogens with zero attached hydrogens (tertiary/aromatic N) is 3. The number of halogens is 2. The molecule has 0 unspecified atom stereocenters. The minimum absolute atomic E-state index is 0.134. The molecule has 0 saturated heterocycles. The Morgan fingerprint density at radius 2 is 2.06 bits per heavy atom. The van der Waals surface area contributed by atoms with Gasteiger partial charge in [-0.3, -0.25) is 4.79 Å². The Hall–Kier alpha value is -4.44. The Kier molecular flexibility index (Phi) is 6.69. The number of aromatic nitrogens is 3. The Balaban J connectivity index is 1.49. The molecule has 0 aliphatic rings. The van der Waals surface area contributed by atoms with E-state index in [0.717, 1.165) is 6.08 Å². The SMILES string of the molecule is C=CC(=O)NCc1coc(-c2nc(N)cc(Nc3ccc(Oc4cccc(F)c4)c(Cl)c3)n2)n1. The molecular formula is C23H18ClFN6O3. The second kappa shape index (κ2) is 10.0. The molecular weight excluding hydrogens is 463 g/mol. The summed E-state index contributed by atoms with van der Waals surface area (Å²) < 4.78 is 24.4. The molecule has 34 heavy (non-hydrogen) atoms. The number of anilines is 3. The van der Waals surface area contributed by atoms with Crippen LogP contribution in [0.3, 0.4) is 0 Å². The van der Waals surface area contributed by atoms with Crippen molar-refractivity contribution in [3.63, 3.8) is 0 Å². The van der Waals surface area contributed by atoms with Crippen molar-refractivity contribution in [2.75, 3.05) is 11.1 Å². The molecule has 0 atom stereocenters. The highest BCUT2D eigenvalue weighted by Gasteiger charge is 2.13. The zero-order valence-electron chi connectivity index (χ0n) is 17.6. The van der Waals surface area contributed by atoms with E-state index in [2.05, 4.69) is 32.2 Å². The number of nitrogens with two attached hydrogens (primary N) is 1. The number of hydrogen-bond acceptors (Lipinski definition) is 8. The number of nitrogen functional groups attached to an aromatic ring is 1. The summed E-state index contributed by atoms with van der Waals surface area (Å²) in [6, 6.07) is 12.3. The van der Waals surface area contributed by atoms with Crippen LogP contribution >= 0.6 is 11.6 Å². The number of amides is 1. The molecule has 4 N–H and O–H groups in total. The van der Waals surface area contributed by atoms with E-state index in [0.29, 0.717) is 33.7 Å². The number of benzene rings is 2. The van der Waals surface area contributed by atoms with Gasteiger partial charge in [-0.2, -0.15) is 0 Å². The van der Waals surface area contributed by atoms with E-state index in [4.69, 9.17) is 26.5 Å². The summed E-state index contributed by atoms with van der Waals surface area (Å²) in [5.74, 6) is 0.783. The van der Waals surface area contributed by atoms with Crippen LogP contribution in [0.2, 0.25) is 5.02 Å². The van der Waals surface area contributed by atoms with Gasteiger partial charge in [0, 0.05) is 17.8 Å². The first-order valence-corrected chi connectivity index (χ1v) is 10.3. The van der Waals surface area contributed by atoms with E-state index in [1.54, 1.807) is 30.3 Å². The van der Waals surface area contributed by atoms with Crippen molar-refractivity contribution in [2.45, 2.75) is 6.54 Å². The summed E-state index contributed by atoms with van der Waals surface area (Å²) in [5.41, 5.74) is 7.00. The number of oxazole rings is 1. The molecule has 0 bridgehead atoms. The third kappa shape index (κ3) is 5.67. The number of nitrogens with one attached hydrogen (secondary N) is 2. The lowest BCUT2D eigenvalue weighted by atomic mass is 10.3. The predicted octanol–water partition coefficient (Wildman–Crippen LogP) is 4.84. The smallest absolute Gasteiger partial charge is 0.265 e. The number of rotatable bonds is 8. The molecule has 0 fully saturated rings. The summed E-state index contributed by atoms with van der Waals surface area (Å²) in [5, 5.41) is 5.98. The summed E-state index contributed by atoms with van der Waals surface area (Å²) in [4.78, 5) is 24.1. The first-order valence-electron chi connectivity index (χ1n) is 9.89. The molecule has 11 heteroatoms. The number of ether oxygens (including phenoxy) is 1. The van der Waals surface area contributed by atoms with E-state index in [-0.39, 0.29) is 30.0 Å². The molecule has 2 heterocycles. The highest BCUT2D eigenvalue weighted by Crippen LogP contribution is 2.33. The molecule has 2 aromatic heterocycles. The van der Waals surface area contributed by atoms with Crippen LogP contribution in [0.4, 0.5) is 21.7 Å². The van der Waals surface area contributed by atoms with E-state index in [1.807, 2.05) is 0 Å². The van der Waals surface area contributed by atoms with Crippen LogP contribution in [0.25, 0.3) is 11.7 Å². The molecule has 0 spiro atoms. The van der Waals surface area contributed by atoms with Crippen molar-refractivity contribution >= 4 is 34.8 Å². The van der Waals surface area contributed by atoms with E-state index in [9.17, 15) is 9.18 Å². The van der Waals surface area contributed by atoms with Crippen molar-refractivity contribution < 1.29 is 18.3 Å². The zero-order valence-corrected chi connectivity index (χ0v) is 18.3. The molecule has 4 aromatic rings. The maximum Gasteiger partial charge on any atom is 0.265 e. The first kappa shape index (κ1) is 22.7. The van der Waals surface area contributed by atoms with Gasteiger partial charge in [0.25, 0.3) is 5.89 Å². The van der Waals surface area contributed by atoms with Crippen molar-refractivity contribution in [1.82, 2.24) is 20.3 Å². The quantitative estimate of drug-likeness (QED) is 0.305. The summed E-state index contributed by atoms with van der Waals surface area (Å²) in [6.07, 6.45) is 2.54. The number of carbonyl (C=O) groups is 1. The van der Waals surface area contributed by atoms with Crippen molar-refractivity contribution in [2.24, 2.45) is 0 Å². The molecule has 4 rings (SSSR count). The topological polar surface area (TPSA) is 128 Å². The lowest BCUT2D eigenvalue weighted by Gasteiger charge is -2.11. The molecule has 172 valence electrons. The Morgan fingerprint density at radius 3 is 2.82 bits per heavy atom. The monoisotopic (exact) mass is 480 g/mol. The van der Waals surface area contributed by atoms with Gasteiger partial charge in [0.05, 0.1) is 17.3 Å². The van der Waals surface area contributed by atoms with Gasteiger partial charge in [0.2, 0.25) is 11.7 Å². The lowest BCUT2D eigenvalue weighted by molar-refractivity contribution is -0.116. The Morgan fingerprint density at radius 1 is 1.21 bits per heavy atom. The van der Waals surface area contributed by atoms with Gasteiger partial charge in [-0.1, -0.05) is 24.2 Å². The third-order valence-electron chi connectivity index (χ3n) is 4.35. The van der Waals surface area contributed by atoms with Crippen LogP contribution in [0.1, 0.15) is 5.69 Å². The fourth-order valence-electron chi connectivity index (χ4n) is 2.83. The average Bonchev–Trinajstić information content (AvgIpc) is 3.28. The summed E-state index contributed by atoms with van der Waals surface area (Å²) in [6.45, 7) is 3.54. The third-order valence-corrected chi connectivity index (χ3v) is 4.64. The average molecular weight is 481 g/mol. The largest absolute Gasteiger partial charge is 0.456 e. The van der Waals surface area contributed by atoms with Crippen molar-refractivity contribution in [3.05, 3.63) is 84.0 Å². The van der Waals surface area contributed by atoms with Gasteiger partial charge in [0.1, 0.15) is 35.2 Å². The van der Waals surface area contributed by atoms with Crippen LogP contribution in [-0.2, 0) is 11.3 Å². The maximum absolute atomic E-state index is 13.4. The molecule has 1 amide bonds. The van der Waals surface area contributed by atoms with Gasteiger partial charge >= 0.3 is 0 Å². The molecule has 0 aliphatic heterocycles. The van der Waals surface area contributed by atoms with Crippen LogP contribution in [0, 0.1) is 5.82 Å². The molecule has 0 saturated carbocycles. The van der Waals surface area contributed by atoms with E-state index < -0.39 is 5.82 Å². The maximum atomic E-state index is 13.4. The second-order valence-electron chi connectivity index (χ2n) is 6.90. The molecule has 9 nitrogen and oxygen atoms in total. The lowest BCUT2D eigenvalue weighted by Crippen LogP contribution is -2.20. The molecule has 0 aliphatic carbocycles. The normalized spacial score (nSPS) is 10.5. The van der Waals surface area contributed by atoms with Crippen LogP contribution in [0.5, 0.6) is 11.5 Å². The highest BCUT2D eigenvalue weighted by molar-refractivity contribution is 6.32. The number of hydrogen-bond donors (Lipinski definition) is 3. The molecule has 2 aromatic carbocycles. The van der Waals surface area contributed by atoms with Crippen LogP contribution in [0.15, 0.2) is 71.9 Å². The fourth-order valence-corrected chi connectivity index (χ4v) is 3.05. The number of carbonyl (C=O) groups excluding carboxylic acids is 1. The summed E-state index contributed by atoms with van der Waals surface area (Å²) >= 11 is 6.33. The Labute approximate surface area is 198 Å². The van der Waals surface area contributed by atoms with Crippen LogP contribution in [-0.4, -0.2) is 20.9 Å². The van der Waals surface area contributed by atoms with Crippen LogP contribution < -0.4 is 21.1 Å². The van der Waals surface area contributed by atoms with Crippen molar-refractivity contribution in [3.8, 4) is 23.2 Å². The minimum Gasteiger partial charge on any atom is -0.456 e. The van der Waals surface area contributed by atoms with Gasteiger partial charge in [-0.25, -0.2) is 19.3 Å². The van der Waals surface area contributed by atoms with Gasteiger partial charge in [-0.15, -0.1) is 0 Å². The van der Waals surface area contributed by atoms with E-state index >= 15 is 0 Å². The first-order chi connectivity index (χ1) is 16.4. The highest BCUT2D eigenvalue weighted by atomic mass is 35.5. The predicted molar refractivity (Wildman–Crippen MR) is 125 cm³/mol. The van der Waals surface area contributed by atoms with E-state index in [1.165, 1.54) is 24.5 Å². The molecule has 0 radical (unpaired) electrons. The fraction of sp³-hybridized carbons (Fsp3) is 0.0435. The van der Waals surface area contributed by atoms with Gasteiger partial charge in [0.15, 0.2) is 0 Å². The van der Waals surface area contributed by atoms with Gasteiger partial charge < -0.3 is 25.5 Å². The van der Waals surface area contributed by atoms with Gasteiger partial charge in [-0.05, 0) is 36.4 Å². The zero-order chi connectivity index (χ0) is 24.1.